The van der Waals surface area contributed by atoms with Gasteiger partial charge in [-0.15, -0.1) is 0 Å². The van der Waals surface area contributed by atoms with E-state index in [9.17, 15) is 13.6 Å². The summed E-state index contributed by atoms with van der Waals surface area (Å²) in [6, 6.07) is 5.16. The second-order valence-corrected chi connectivity index (χ2v) is 7.21. The summed E-state index contributed by atoms with van der Waals surface area (Å²) in [7, 11) is 0. The van der Waals surface area contributed by atoms with Crippen LogP contribution in [0.1, 0.15) is 28.8 Å². The minimum atomic E-state index is -0.734. The number of benzene rings is 1. The van der Waals surface area contributed by atoms with Crippen molar-refractivity contribution >= 4 is 23.1 Å². The van der Waals surface area contributed by atoms with Crippen LogP contribution in [0.15, 0.2) is 49.1 Å². The molecule has 1 aromatic carbocycles. The van der Waals surface area contributed by atoms with Gasteiger partial charge in [0.05, 0.1) is 23.1 Å². The molecule has 0 radical (unpaired) electrons. The van der Waals surface area contributed by atoms with Crippen molar-refractivity contribution in [1.29, 1.82) is 0 Å². The zero-order valence-corrected chi connectivity index (χ0v) is 16.6. The van der Waals surface area contributed by atoms with Crippen molar-refractivity contribution in [3.63, 3.8) is 0 Å². The van der Waals surface area contributed by atoms with E-state index in [1.807, 2.05) is 0 Å². The van der Waals surface area contributed by atoms with E-state index in [4.69, 9.17) is 4.74 Å². The van der Waals surface area contributed by atoms with Gasteiger partial charge in [-0.2, -0.15) is 0 Å². The number of ketones is 1. The van der Waals surface area contributed by atoms with Crippen LogP contribution in [0.4, 0.5) is 26.1 Å². The lowest BCUT2D eigenvalue weighted by atomic mass is 10.0. The first-order chi connectivity index (χ1) is 15.1. The molecule has 0 unspecified atom stereocenters. The fourth-order valence-corrected chi connectivity index (χ4v) is 3.27. The van der Waals surface area contributed by atoms with Gasteiger partial charge in [0.2, 0.25) is 5.95 Å². The van der Waals surface area contributed by atoms with E-state index >= 15 is 0 Å². The molecule has 0 spiro atoms. The van der Waals surface area contributed by atoms with Crippen molar-refractivity contribution in [2.75, 3.05) is 23.8 Å². The third-order valence-corrected chi connectivity index (χ3v) is 4.99. The maximum absolute atomic E-state index is 14.0. The first-order valence-corrected chi connectivity index (χ1v) is 9.93. The van der Waals surface area contributed by atoms with E-state index in [2.05, 4.69) is 25.6 Å². The van der Waals surface area contributed by atoms with Crippen molar-refractivity contribution in [1.82, 2.24) is 15.0 Å². The van der Waals surface area contributed by atoms with Crippen molar-refractivity contribution in [3.8, 4) is 0 Å². The van der Waals surface area contributed by atoms with Crippen LogP contribution in [0.25, 0.3) is 0 Å². The van der Waals surface area contributed by atoms with Crippen LogP contribution in [0.3, 0.4) is 0 Å². The summed E-state index contributed by atoms with van der Waals surface area (Å²) in [4.78, 5) is 25.3. The highest BCUT2D eigenvalue weighted by atomic mass is 19.1. The molecule has 3 aromatic rings. The summed E-state index contributed by atoms with van der Waals surface area (Å²) >= 11 is 0. The van der Waals surface area contributed by atoms with Crippen LogP contribution < -0.4 is 10.6 Å². The molecule has 7 nitrogen and oxygen atoms in total. The van der Waals surface area contributed by atoms with Crippen LogP contribution in [0, 0.1) is 11.6 Å². The molecular formula is C22H21F2N5O2. The Morgan fingerprint density at radius 3 is 2.58 bits per heavy atom. The van der Waals surface area contributed by atoms with Crippen molar-refractivity contribution < 1.29 is 18.3 Å². The van der Waals surface area contributed by atoms with Gasteiger partial charge in [0.1, 0.15) is 11.6 Å². The van der Waals surface area contributed by atoms with E-state index in [0.717, 1.165) is 25.0 Å². The van der Waals surface area contributed by atoms with Crippen molar-refractivity contribution in [3.05, 3.63) is 71.8 Å². The first kappa shape index (κ1) is 20.8. The normalized spacial score (nSPS) is 14.3. The van der Waals surface area contributed by atoms with Crippen LogP contribution in [-0.4, -0.2) is 40.0 Å². The highest BCUT2D eigenvalue weighted by Crippen LogP contribution is 2.24. The van der Waals surface area contributed by atoms with Crippen LogP contribution in [0.2, 0.25) is 0 Å². The second-order valence-electron chi connectivity index (χ2n) is 7.21. The van der Waals surface area contributed by atoms with Gasteiger partial charge in [0, 0.05) is 50.3 Å². The Kier molecular flexibility index (Phi) is 6.42. The standard InChI is InChI=1S/C22H21F2N5O2/c23-16-1-2-19(18(24)10-16)29-20-13-25-6-3-14(20)9-21(30)15-11-26-22(27-12-15)28-17-4-7-31-8-5-17/h1-3,6,10-13,17,29H,4-5,7-9H2,(H,26,27,28). The lowest BCUT2D eigenvalue weighted by Crippen LogP contribution is -2.28. The van der Waals surface area contributed by atoms with Crippen LogP contribution >= 0.6 is 0 Å². The van der Waals surface area contributed by atoms with E-state index < -0.39 is 11.6 Å². The average Bonchev–Trinajstić information content (AvgIpc) is 2.78. The fraction of sp³-hybridized carbons (Fsp3) is 0.273. The van der Waals surface area contributed by atoms with Gasteiger partial charge < -0.3 is 15.4 Å². The topological polar surface area (TPSA) is 89.0 Å². The zero-order valence-electron chi connectivity index (χ0n) is 16.6. The Morgan fingerprint density at radius 1 is 1.06 bits per heavy atom. The number of nitrogens with one attached hydrogen (secondary N) is 2. The molecule has 160 valence electrons. The SMILES string of the molecule is O=C(Cc1ccncc1Nc1ccc(F)cc1F)c1cnc(NC2CCOCC2)nc1. The number of pyridine rings is 1. The summed E-state index contributed by atoms with van der Waals surface area (Å²) in [6.45, 7) is 1.41. The van der Waals surface area contributed by atoms with Gasteiger partial charge in [-0.1, -0.05) is 0 Å². The van der Waals surface area contributed by atoms with Crippen molar-refractivity contribution in [2.45, 2.75) is 25.3 Å². The molecule has 2 N–H and O–H groups in total. The quantitative estimate of drug-likeness (QED) is 0.555. The molecule has 2 aromatic heterocycles. The number of hydrogen-bond donors (Lipinski definition) is 2. The largest absolute Gasteiger partial charge is 0.381 e. The van der Waals surface area contributed by atoms with Crippen LogP contribution in [0.5, 0.6) is 0 Å². The van der Waals surface area contributed by atoms with Crippen LogP contribution in [-0.2, 0) is 11.2 Å². The molecule has 31 heavy (non-hydrogen) atoms. The Labute approximate surface area is 177 Å². The van der Waals surface area contributed by atoms with E-state index in [-0.39, 0.29) is 23.9 Å². The number of carbonyl (C=O) groups excluding carboxylic acids is 1. The molecule has 4 rings (SSSR count). The summed E-state index contributed by atoms with van der Waals surface area (Å²) < 4.78 is 32.5. The number of halogens is 2. The Hall–Kier alpha value is -3.46. The lowest BCUT2D eigenvalue weighted by Gasteiger charge is -2.22. The number of rotatable bonds is 7. The summed E-state index contributed by atoms with van der Waals surface area (Å²) in [5.41, 5.74) is 1.54. The van der Waals surface area contributed by atoms with E-state index in [1.165, 1.54) is 24.7 Å². The molecular weight excluding hydrogens is 404 g/mol. The molecule has 1 fully saturated rings. The van der Waals surface area contributed by atoms with Gasteiger partial charge in [-0.05, 0) is 36.6 Å². The minimum absolute atomic E-state index is 0.0454. The summed E-state index contributed by atoms with van der Waals surface area (Å²) in [5.74, 6) is -1.12. The van der Waals surface area contributed by atoms with E-state index in [0.29, 0.717) is 36.0 Å². The molecule has 1 saturated heterocycles. The number of hydrogen-bond acceptors (Lipinski definition) is 7. The number of ether oxygens (including phenoxy) is 1. The highest BCUT2D eigenvalue weighted by Gasteiger charge is 2.16. The fourth-order valence-electron chi connectivity index (χ4n) is 3.27. The Balaban J connectivity index is 1.43. The van der Waals surface area contributed by atoms with Gasteiger partial charge in [0.25, 0.3) is 0 Å². The third kappa shape index (κ3) is 5.37. The molecule has 9 heteroatoms. The predicted molar refractivity (Wildman–Crippen MR) is 111 cm³/mol. The average molecular weight is 425 g/mol. The maximum atomic E-state index is 14.0. The number of anilines is 3. The minimum Gasteiger partial charge on any atom is -0.381 e. The smallest absolute Gasteiger partial charge is 0.222 e. The molecule has 1 aliphatic rings. The number of nitrogens with zero attached hydrogens (tertiary/aromatic N) is 3. The molecule has 3 heterocycles. The molecule has 0 saturated carbocycles. The monoisotopic (exact) mass is 425 g/mol. The van der Waals surface area contributed by atoms with Gasteiger partial charge in [0.15, 0.2) is 5.78 Å². The zero-order chi connectivity index (χ0) is 21.6. The Morgan fingerprint density at radius 2 is 1.84 bits per heavy atom. The van der Waals surface area contributed by atoms with Gasteiger partial charge in [-0.25, -0.2) is 18.7 Å². The molecule has 0 atom stereocenters. The maximum Gasteiger partial charge on any atom is 0.222 e. The molecule has 0 aliphatic carbocycles. The van der Waals surface area contributed by atoms with Crippen molar-refractivity contribution in [2.24, 2.45) is 0 Å². The highest BCUT2D eigenvalue weighted by molar-refractivity contribution is 5.97. The number of aromatic nitrogens is 3. The van der Waals surface area contributed by atoms with E-state index in [1.54, 1.807) is 12.3 Å². The third-order valence-electron chi connectivity index (χ3n) is 4.99. The first-order valence-electron chi connectivity index (χ1n) is 9.93. The second kappa shape index (κ2) is 9.57. The number of carbonyl (C=O) groups is 1. The number of Topliss-reactive ketones (excluding diaryl/α,β-unsaturated/α-hetero) is 1. The Bertz CT molecular complexity index is 1060. The van der Waals surface area contributed by atoms with Gasteiger partial charge in [-0.3, -0.25) is 9.78 Å². The lowest BCUT2D eigenvalue weighted by molar-refractivity contribution is 0.0903. The predicted octanol–water partition coefficient (Wildman–Crippen LogP) is 3.91. The summed E-state index contributed by atoms with van der Waals surface area (Å²) in [5, 5.41) is 6.12. The molecule has 1 aliphatic heterocycles. The molecule has 0 bridgehead atoms. The summed E-state index contributed by atoms with van der Waals surface area (Å²) in [6.07, 6.45) is 7.83. The van der Waals surface area contributed by atoms with Gasteiger partial charge >= 0.3 is 0 Å². The molecule has 0 amide bonds.